The van der Waals surface area contributed by atoms with Crippen molar-refractivity contribution in [3.8, 4) is 0 Å². The van der Waals surface area contributed by atoms with Crippen molar-refractivity contribution in [1.82, 2.24) is 0 Å². The van der Waals surface area contributed by atoms with Crippen LogP contribution in [0.3, 0.4) is 0 Å². The third-order valence-electron chi connectivity index (χ3n) is 2.45. The summed E-state index contributed by atoms with van der Waals surface area (Å²) >= 11 is 1.60. The topological polar surface area (TPSA) is 26.0 Å². The first-order chi connectivity index (χ1) is 8.16. The van der Waals surface area contributed by atoms with Gasteiger partial charge >= 0.3 is 0 Å². The highest BCUT2D eigenvalue weighted by molar-refractivity contribution is 7.99. The van der Waals surface area contributed by atoms with Crippen LogP contribution in [0.15, 0.2) is 58.3 Å². The molecule has 0 aromatic heterocycles. The second-order valence-corrected chi connectivity index (χ2v) is 5.00. The smallest absolute Gasteiger partial charge is 0.123 e. The number of nitrogens with two attached hydrogens (primary N) is 1. The fourth-order valence-electron chi connectivity index (χ4n) is 1.58. The van der Waals surface area contributed by atoms with E-state index < -0.39 is 0 Å². The van der Waals surface area contributed by atoms with Crippen molar-refractivity contribution in [2.45, 2.75) is 22.8 Å². The minimum atomic E-state index is -0.213. The molecule has 0 unspecified atom stereocenters. The van der Waals surface area contributed by atoms with Gasteiger partial charge in [-0.15, -0.1) is 0 Å². The Morgan fingerprint density at radius 3 is 2.35 bits per heavy atom. The third kappa shape index (κ3) is 3.08. The molecule has 3 heteroatoms. The summed E-state index contributed by atoms with van der Waals surface area (Å²) in [4.78, 5) is 2.13. The van der Waals surface area contributed by atoms with Gasteiger partial charge in [0.15, 0.2) is 0 Å². The molecule has 2 N–H and O–H groups in total. The average molecular weight is 247 g/mol. The molecule has 0 aliphatic rings. The SMILES string of the molecule is C[C@H](N)c1ccccc1Sc1ccc(F)cc1. The van der Waals surface area contributed by atoms with Crippen molar-refractivity contribution in [2.24, 2.45) is 5.73 Å². The summed E-state index contributed by atoms with van der Waals surface area (Å²) in [5.74, 6) is -0.213. The lowest BCUT2D eigenvalue weighted by molar-refractivity contribution is 0.626. The lowest BCUT2D eigenvalue weighted by atomic mass is 10.1. The molecule has 2 aromatic rings. The molecule has 0 saturated carbocycles. The molecule has 0 bridgehead atoms. The van der Waals surface area contributed by atoms with E-state index in [-0.39, 0.29) is 11.9 Å². The van der Waals surface area contributed by atoms with Crippen LogP contribution in [0.1, 0.15) is 18.5 Å². The highest BCUT2D eigenvalue weighted by Crippen LogP contribution is 2.32. The zero-order valence-electron chi connectivity index (χ0n) is 9.56. The molecule has 0 amide bonds. The summed E-state index contributed by atoms with van der Waals surface area (Å²) in [6.45, 7) is 1.96. The Hall–Kier alpha value is -1.32. The molecule has 17 heavy (non-hydrogen) atoms. The minimum Gasteiger partial charge on any atom is -0.324 e. The van der Waals surface area contributed by atoms with Gasteiger partial charge < -0.3 is 5.73 Å². The third-order valence-corrected chi connectivity index (χ3v) is 3.55. The Balaban J connectivity index is 2.26. The summed E-state index contributed by atoms with van der Waals surface area (Å²) in [5, 5.41) is 0. The quantitative estimate of drug-likeness (QED) is 0.887. The van der Waals surface area contributed by atoms with E-state index in [0.717, 1.165) is 15.4 Å². The van der Waals surface area contributed by atoms with E-state index in [0.29, 0.717) is 0 Å². The summed E-state index contributed by atoms with van der Waals surface area (Å²) in [7, 11) is 0. The summed E-state index contributed by atoms with van der Waals surface area (Å²) in [6.07, 6.45) is 0. The molecule has 0 heterocycles. The molecule has 0 saturated heterocycles. The monoisotopic (exact) mass is 247 g/mol. The van der Waals surface area contributed by atoms with Crippen molar-refractivity contribution in [1.29, 1.82) is 0 Å². The summed E-state index contributed by atoms with van der Waals surface area (Å²) in [6, 6.07) is 14.5. The molecule has 2 rings (SSSR count). The van der Waals surface area contributed by atoms with Gasteiger partial charge in [0.1, 0.15) is 5.82 Å². The van der Waals surface area contributed by atoms with Crippen LogP contribution in [0, 0.1) is 5.82 Å². The molecule has 0 fully saturated rings. The molecule has 0 aliphatic heterocycles. The maximum atomic E-state index is 12.8. The van der Waals surface area contributed by atoms with Crippen LogP contribution in [0.25, 0.3) is 0 Å². The van der Waals surface area contributed by atoms with Gasteiger partial charge in [0.05, 0.1) is 0 Å². The molecule has 0 aliphatic carbocycles. The predicted molar refractivity (Wildman–Crippen MR) is 69.6 cm³/mol. The highest BCUT2D eigenvalue weighted by Gasteiger charge is 2.07. The predicted octanol–water partition coefficient (Wildman–Crippen LogP) is 4.00. The minimum absolute atomic E-state index is 0.000789. The van der Waals surface area contributed by atoms with Crippen molar-refractivity contribution in [3.63, 3.8) is 0 Å². The Labute approximate surface area is 105 Å². The number of hydrogen-bond acceptors (Lipinski definition) is 2. The lowest BCUT2D eigenvalue weighted by Gasteiger charge is -2.11. The molecular formula is C14H14FNS. The molecule has 88 valence electrons. The van der Waals surface area contributed by atoms with E-state index in [1.807, 2.05) is 31.2 Å². The number of halogens is 1. The Morgan fingerprint density at radius 1 is 1.06 bits per heavy atom. The molecule has 0 radical (unpaired) electrons. The van der Waals surface area contributed by atoms with Crippen LogP contribution >= 0.6 is 11.8 Å². The Kier molecular flexibility index (Phi) is 3.82. The van der Waals surface area contributed by atoms with Crippen molar-refractivity contribution >= 4 is 11.8 Å². The standard InChI is InChI=1S/C14H14FNS/c1-10(16)13-4-2-3-5-14(13)17-12-8-6-11(15)7-9-12/h2-10H,16H2,1H3/t10-/m0/s1. The lowest BCUT2D eigenvalue weighted by Crippen LogP contribution is -2.05. The fourth-order valence-corrected chi connectivity index (χ4v) is 2.62. The average Bonchev–Trinajstić information content (AvgIpc) is 2.32. The first kappa shape index (κ1) is 12.1. The Morgan fingerprint density at radius 2 is 1.71 bits per heavy atom. The largest absolute Gasteiger partial charge is 0.324 e. The number of hydrogen-bond donors (Lipinski definition) is 1. The van der Waals surface area contributed by atoms with Gasteiger partial charge in [-0.25, -0.2) is 4.39 Å². The highest BCUT2D eigenvalue weighted by atomic mass is 32.2. The van der Waals surface area contributed by atoms with Crippen molar-refractivity contribution in [2.75, 3.05) is 0 Å². The first-order valence-electron chi connectivity index (χ1n) is 5.45. The summed E-state index contributed by atoms with van der Waals surface area (Å²) < 4.78 is 12.8. The van der Waals surface area contributed by atoms with Crippen molar-refractivity contribution < 1.29 is 4.39 Å². The number of benzene rings is 2. The van der Waals surface area contributed by atoms with E-state index in [1.165, 1.54) is 12.1 Å². The normalized spacial score (nSPS) is 12.4. The van der Waals surface area contributed by atoms with Gasteiger partial charge in [0.25, 0.3) is 0 Å². The van der Waals surface area contributed by atoms with Crippen LogP contribution < -0.4 is 5.73 Å². The first-order valence-corrected chi connectivity index (χ1v) is 6.26. The number of rotatable bonds is 3. The molecular weight excluding hydrogens is 233 g/mol. The van der Waals surface area contributed by atoms with Crippen molar-refractivity contribution in [3.05, 3.63) is 59.9 Å². The van der Waals surface area contributed by atoms with Crippen LogP contribution in [0.2, 0.25) is 0 Å². The van der Waals surface area contributed by atoms with Gasteiger partial charge in [0.2, 0.25) is 0 Å². The van der Waals surface area contributed by atoms with Crippen LogP contribution in [0.5, 0.6) is 0 Å². The molecule has 0 spiro atoms. The summed E-state index contributed by atoms with van der Waals surface area (Å²) in [5.41, 5.74) is 7.03. The van der Waals surface area contributed by atoms with E-state index in [1.54, 1.807) is 23.9 Å². The van der Waals surface area contributed by atoms with Crippen LogP contribution in [-0.4, -0.2) is 0 Å². The Bertz CT molecular complexity index is 494. The maximum absolute atomic E-state index is 12.8. The van der Waals surface area contributed by atoms with E-state index >= 15 is 0 Å². The van der Waals surface area contributed by atoms with Crippen LogP contribution in [0.4, 0.5) is 4.39 Å². The van der Waals surface area contributed by atoms with Gasteiger partial charge in [0, 0.05) is 15.8 Å². The fraction of sp³-hybridized carbons (Fsp3) is 0.143. The van der Waals surface area contributed by atoms with E-state index in [2.05, 4.69) is 0 Å². The van der Waals surface area contributed by atoms with E-state index in [4.69, 9.17) is 5.73 Å². The second kappa shape index (κ2) is 5.34. The van der Waals surface area contributed by atoms with Gasteiger partial charge in [-0.3, -0.25) is 0 Å². The van der Waals surface area contributed by atoms with Gasteiger partial charge in [-0.05, 0) is 42.8 Å². The zero-order valence-corrected chi connectivity index (χ0v) is 10.4. The van der Waals surface area contributed by atoms with Crippen LogP contribution in [-0.2, 0) is 0 Å². The second-order valence-electron chi connectivity index (χ2n) is 3.88. The zero-order chi connectivity index (χ0) is 12.3. The maximum Gasteiger partial charge on any atom is 0.123 e. The van der Waals surface area contributed by atoms with Gasteiger partial charge in [-0.1, -0.05) is 30.0 Å². The molecule has 2 aromatic carbocycles. The molecule has 1 nitrogen and oxygen atoms in total. The van der Waals surface area contributed by atoms with Gasteiger partial charge in [-0.2, -0.15) is 0 Å². The molecule has 1 atom stereocenters. The van der Waals surface area contributed by atoms with E-state index in [9.17, 15) is 4.39 Å².